The third kappa shape index (κ3) is 2.34. The van der Waals surface area contributed by atoms with Crippen LogP contribution in [0, 0.1) is 0 Å². The summed E-state index contributed by atoms with van der Waals surface area (Å²) in [6, 6.07) is 18.6. The van der Waals surface area contributed by atoms with E-state index in [9.17, 15) is 0 Å². The van der Waals surface area contributed by atoms with E-state index >= 15 is 0 Å². The molecule has 0 radical (unpaired) electrons. The highest BCUT2D eigenvalue weighted by Gasteiger charge is 2.09. The molecule has 0 saturated heterocycles. The average molecular weight is 367 g/mol. The van der Waals surface area contributed by atoms with Crippen molar-refractivity contribution in [1.82, 2.24) is 24.0 Å². The SMILES string of the molecule is c1ccn2cc(-c3ccn4nc(-c5ccc6ncsc6c5)cc4c3)nc2c1. The van der Waals surface area contributed by atoms with Crippen molar-refractivity contribution < 1.29 is 0 Å². The second-order valence-corrected chi connectivity index (χ2v) is 7.33. The Labute approximate surface area is 158 Å². The van der Waals surface area contributed by atoms with Crippen LogP contribution in [0.1, 0.15) is 0 Å². The van der Waals surface area contributed by atoms with Crippen molar-refractivity contribution in [1.29, 1.82) is 0 Å². The molecule has 0 aliphatic heterocycles. The predicted octanol–water partition coefficient (Wildman–Crippen LogP) is 4.93. The molecule has 5 aromatic heterocycles. The Morgan fingerprint density at radius 1 is 0.852 bits per heavy atom. The van der Waals surface area contributed by atoms with Gasteiger partial charge in [-0.05, 0) is 42.5 Å². The molecule has 6 heteroatoms. The number of hydrogen-bond donors (Lipinski definition) is 0. The molecule has 0 aliphatic rings. The lowest BCUT2D eigenvalue weighted by molar-refractivity contribution is 0.966. The van der Waals surface area contributed by atoms with Gasteiger partial charge in [-0.25, -0.2) is 14.5 Å². The maximum atomic E-state index is 4.73. The number of pyridine rings is 2. The highest BCUT2D eigenvalue weighted by atomic mass is 32.1. The van der Waals surface area contributed by atoms with Crippen molar-refractivity contribution in [2.75, 3.05) is 0 Å². The minimum absolute atomic E-state index is 0.944. The van der Waals surface area contributed by atoms with Gasteiger partial charge in [-0.1, -0.05) is 12.1 Å². The van der Waals surface area contributed by atoms with E-state index in [0.29, 0.717) is 0 Å². The van der Waals surface area contributed by atoms with E-state index in [2.05, 4.69) is 41.5 Å². The predicted molar refractivity (Wildman–Crippen MR) is 108 cm³/mol. The normalized spacial score (nSPS) is 11.7. The Balaban J connectivity index is 1.46. The molecule has 0 amide bonds. The third-order valence-corrected chi connectivity index (χ3v) is 5.54. The molecule has 0 unspecified atom stereocenters. The van der Waals surface area contributed by atoms with Crippen molar-refractivity contribution in [3.8, 4) is 22.5 Å². The minimum Gasteiger partial charge on any atom is -0.306 e. The number of thiazole rings is 1. The zero-order chi connectivity index (χ0) is 17.8. The van der Waals surface area contributed by atoms with Gasteiger partial charge in [0, 0.05) is 29.7 Å². The summed E-state index contributed by atoms with van der Waals surface area (Å²) in [5.74, 6) is 0. The maximum Gasteiger partial charge on any atom is 0.137 e. The lowest BCUT2D eigenvalue weighted by atomic mass is 10.1. The monoisotopic (exact) mass is 367 g/mol. The molecule has 0 fully saturated rings. The van der Waals surface area contributed by atoms with E-state index in [-0.39, 0.29) is 0 Å². The maximum absolute atomic E-state index is 4.73. The first-order valence-electron chi connectivity index (χ1n) is 8.61. The molecule has 6 aromatic rings. The van der Waals surface area contributed by atoms with Gasteiger partial charge in [0.25, 0.3) is 0 Å². The topological polar surface area (TPSA) is 47.5 Å². The van der Waals surface area contributed by atoms with Crippen LogP contribution >= 0.6 is 11.3 Å². The summed E-state index contributed by atoms with van der Waals surface area (Å²) in [7, 11) is 0. The summed E-state index contributed by atoms with van der Waals surface area (Å²) in [5, 5.41) is 4.73. The van der Waals surface area contributed by atoms with Crippen LogP contribution in [0.5, 0.6) is 0 Å². The zero-order valence-electron chi connectivity index (χ0n) is 14.1. The zero-order valence-corrected chi connectivity index (χ0v) is 15.0. The van der Waals surface area contributed by atoms with Gasteiger partial charge < -0.3 is 4.40 Å². The Kier molecular flexibility index (Phi) is 2.98. The summed E-state index contributed by atoms with van der Waals surface area (Å²) in [6.07, 6.45) is 6.05. The third-order valence-electron chi connectivity index (χ3n) is 4.75. The number of benzene rings is 1. The first-order valence-corrected chi connectivity index (χ1v) is 9.49. The standard InChI is InChI=1S/C21H13N5S/c1-2-7-25-12-19(23-21(25)3-1)15-6-8-26-16(9-15)11-18(24-26)14-4-5-17-20(10-14)27-13-22-17/h1-13H. The molecular formula is C21H13N5S. The van der Waals surface area contributed by atoms with Crippen molar-refractivity contribution in [3.63, 3.8) is 0 Å². The van der Waals surface area contributed by atoms with Gasteiger partial charge in [-0.2, -0.15) is 5.10 Å². The Hall–Kier alpha value is -3.51. The van der Waals surface area contributed by atoms with Crippen molar-refractivity contribution >= 4 is 32.7 Å². The largest absolute Gasteiger partial charge is 0.306 e. The lowest BCUT2D eigenvalue weighted by Gasteiger charge is -1.97. The van der Waals surface area contributed by atoms with Crippen LogP contribution in [-0.2, 0) is 0 Å². The molecule has 5 nitrogen and oxygen atoms in total. The smallest absolute Gasteiger partial charge is 0.137 e. The van der Waals surface area contributed by atoms with E-state index in [1.807, 2.05) is 51.1 Å². The average Bonchev–Trinajstić information content (AvgIpc) is 3.42. The summed E-state index contributed by atoms with van der Waals surface area (Å²) in [6.45, 7) is 0. The minimum atomic E-state index is 0.944. The Morgan fingerprint density at radius 3 is 2.78 bits per heavy atom. The fourth-order valence-corrected chi connectivity index (χ4v) is 4.10. The molecule has 1 aromatic carbocycles. The molecule has 0 N–H and O–H groups in total. The number of imidazole rings is 1. The van der Waals surface area contributed by atoms with Gasteiger partial charge in [-0.3, -0.25) is 0 Å². The molecule has 128 valence electrons. The summed E-state index contributed by atoms with van der Waals surface area (Å²) in [5.41, 5.74) is 8.99. The fraction of sp³-hybridized carbons (Fsp3) is 0. The van der Waals surface area contributed by atoms with Crippen LogP contribution in [0.4, 0.5) is 0 Å². The lowest BCUT2D eigenvalue weighted by Crippen LogP contribution is -1.87. The van der Waals surface area contributed by atoms with Gasteiger partial charge in [-0.15, -0.1) is 11.3 Å². The first kappa shape index (κ1) is 14.6. The highest BCUT2D eigenvalue weighted by molar-refractivity contribution is 7.16. The van der Waals surface area contributed by atoms with Crippen LogP contribution in [0.2, 0.25) is 0 Å². The molecule has 0 aliphatic carbocycles. The molecule has 6 rings (SSSR count). The number of rotatable bonds is 2. The van der Waals surface area contributed by atoms with Crippen molar-refractivity contribution in [2.24, 2.45) is 0 Å². The van der Waals surface area contributed by atoms with E-state index < -0.39 is 0 Å². The molecule has 5 heterocycles. The van der Waals surface area contributed by atoms with Gasteiger partial charge >= 0.3 is 0 Å². The molecule has 0 saturated carbocycles. The van der Waals surface area contributed by atoms with E-state index in [0.717, 1.165) is 39.2 Å². The van der Waals surface area contributed by atoms with Crippen LogP contribution in [0.3, 0.4) is 0 Å². The van der Waals surface area contributed by atoms with Gasteiger partial charge in [0.2, 0.25) is 0 Å². The summed E-state index contributed by atoms with van der Waals surface area (Å²) >= 11 is 1.65. The van der Waals surface area contributed by atoms with Crippen LogP contribution in [0.25, 0.3) is 43.9 Å². The first-order chi connectivity index (χ1) is 13.3. The van der Waals surface area contributed by atoms with E-state index in [1.54, 1.807) is 11.3 Å². The molecule has 0 bridgehead atoms. The second-order valence-electron chi connectivity index (χ2n) is 6.44. The molecule has 0 spiro atoms. The van der Waals surface area contributed by atoms with Crippen LogP contribution < -0.4 is 0 Å². The van der Waals surface area contributed by atoms with Crippen LogP contribution in [0.15, 0.2) is 78.7 Å². The van der Waals surface area contributed by atoms with Crippen molar-refractivity contribution in [3.05, 3.63) is 78.7 Å². The molecule has 0 atom stereocenters. The molecule has 27 heavy (non-hydrogen) atoms. The van der Waals surface area contributed by atoms with E-state index in [4.69, 9.17) is 10.1 Å². The van der Waals surface area contributed by atoms with Crippen LogP contribution in [-0.4, -0.2) is 24.0 Å². The number of hydrogen-bond acceptors (Lipinski definition) is 4. The second kappa shape index (κ2) is 5.49. The quantitative estimate of drug-likeness (QED) is 0.436. The fourth-order valence-electron chi connectivity index (χ4n) is 3.38. The summed E-state index contributed by atoms with van der Waals surface area (Å²) in [4.78, 5) is 9.05. The summed E-state index contributed by atoms with van der Waals surface area (Å²) < 4.78 is 5.12. The van der Waals surface area contributed by atoms with Gasteiger partial charge in [0.05, 0.1) is 32.6 Å². The van der Waals surface area contributed by atoms with Crippen molar-refractivity contribution in [2.45, 2.75) is 0 Å². The molecular weight excluding hydrogens is 354 g/mol. The van der Waals surface area contributed by atoms with Gasteiger partial charge in [0.1, 0.15) is 5.65 Å². The highest BCUT2D eigenvalue weighted by Crippen LogP contribution is 2.27. The number of fused-ring (bicyclic) bond motifs is 3. The van der Waals surface area contributed by atoms with E-state index in [1.165, 1.54) is 4.70 Å². The van der Waals surface area contributed by atoms with Gasteiger partial charge in [0.15, 0.2) is 0 Å². The Morgan fingerprint density at radius 2 is 1.81 bits per heavy atom. The number of nitrogens with zero attached hydrogens (tertiary/aromatic N) is 5. The Bertz CT molecular complexity index is 1410. The number of aromatic nitrogens is 5.